The number of amides is 2. The van der Waals surface area contributed by atoms with Crippen molar-refractivity contribution in [2.24, 2.45) is 21.6 Å². The molecule has 0 saturated carbocycles. The number of nitrogens with zero attached hydrogens (tertiary/aromatic N) is 1. The number of hydrogen-bond acceptors (Lipinski definition) is 7. The summed E-state index contributed by atoms with van der Waals surface area (Å²) in [7, 11) is 1.56. The average molecular weight is 528 g/mol. The predicted octanol–water partition coefficient (Wildman–Crippen LogP) is 3.31. The van der Waals surface area contributed by atoms with Gasteiger partial charge in [0.05, 0.1) is 0 Å². The Labute approximate surface area is 228 Å². The smallest absolute Gasteiger partial charge is 0.315 e. The van der Waals surface area contributed by atoms with Crippen LogP contribution in [0.25, 0.3) is 0 Å². The highest BCUT2D eigenvalue weighted by molar-refractivity contribution is 7.47. The molecule has 0 radical (unpaired) electrons. The van der Waals surface area contributed by atoms with Gasteiger partial charge >= 0.3 is 6.03 Å². The van der Waals surface area contributed by atoms with Crippen molar-refractivity contribution in [2.45, 2.75) is 27.1 Å². The van der Waals surface area contributed by atoms with Crippen LogP contribution in [0.5, 0.6) is 0 Å². The van der Waals surface area contributed by atoms with Gasteiger partial charge in [-0.05, 0) is 16.7 Å². The van der Waals surface area contributed by atoms with Gasteiger partial charge in [0.1, 0.15) is 0 Å². The summed E-state index contributed by atoms with van der Waals surface area (Å²) < 4.78 is 3.08. The maximum absolute atomic E-state index is 11.6. The van der Waals surface area contributed by atoms with Crippen LogP contribution >= 0.6 is 0 Å². The van der Waals surface area contributed by atoms with Crippen LogP contribution < -0.4 is 33.2 Å². The summed E-state index contributed by atoms with van der Waals surface area (Å²) in [6, 6.07) is 29.5. The van der Waals surface area contributed by atoms with Crippen LogP contribution in [0.3, 0.4) is 0 Å². The standard InChI is InChI=1S/C15H16N2O.C7H9N.C4H13N3.CH3NS.CH4/c18-15(16-11-13-7-3-1-4-8-13)17-12-14-9-5-2-6-10-14;8-6-7-4-2-1-3-5-7;5-1-3-7-4-2-6;1-2-3;/h1-10H,11-12H2,(H2,16,17,18);1-5H,6,8H2;7H,1-6H2;1H3;1H4. The third-order valence-corrected chi connectivity index (χ3v) is 4.31. The first-order valence-corrected chi connectivity index (χ1v) is 12.1. The summed E-state index contributed by atoms with van der Waals surface area (Å²) in [4.78, 5) is 11.6. The normalized spacial score (nSPS) is 8.86. The number of carbonyl (C=O) groups excluding carboxylic acids is 1. The van der Waals surface area contributed by atoms with E-state index < -0.39 is 0 Å². The lowest BCUT2D eigenvalue weighted by Gasteiger charge is -2.07. The van der Waals surface area contributed by atoms with E-state index in [9.17, 15) is 4.79 Å². The first-order chi connectivity index (χ1) is 17.6. The molecule has 204 valence electrons. The maximum Gasteiger partial charge on any atom is 0.315 e. The van der Waals surface area contributed by atoms with Crippen molar-refractivity contribution in [1.29, 1.82) is 0 Å². The van der Waals surface area contributed by atoms with Crippen molar-refractivity contribution in [1.82, 2.24) is 16.0 Å². The van der Waals surface area contributed by atoms with Gasteiger partial charge < -0.3 is 33.2 Å². The van der Waals surface area contributed by atoms with E-state index in [0.717, 1.165) is 24.2 Å². The molecule has 0 aliphatic carbocycles. The average Bonchev–Trinajstić information content (AvgIpc) is 2.94. The first-order valence-electron chi connectivity index (χ1n) is 11.8. The molecular formula is C28H45N7OS. The first kappa shape index (κ1) is 35.9. The minimum absolute atomic E-state index is 0. The molecule has 0 saturated heterocycles. The van der Waals surface area contributed by atoms with Gasteiger partial charge in [0, 0.05) is 65.3 Å². The van der Waals surface area contributed by atoms with E-state index in [1.165, 1.54) is 5.56 Å². The number of nitrogens with one attached hydrogen (secondary N) is 3. The van der Waals surface area contributed by atoms with Crippen molar-refractivity contribution < 1.29 is 4.79 Å². The Kier molecular flexibility index (Phi) is 26.6. The molecule has 0 atom stereocenters. The molecule has 3 rings (SSSR count). The van der Waals surface area contributed by atoms with Gasteiger partial charge in [-0.25, -0.2) is 9.16 Å². The van der Waals surface area contributed by atoms with Gasteiger partial charge in [-0.15, -0.1) is 0 Å². The predicted molar refractivity (Wildman–Crippen MR) is 160 cm³/mol. The number of rotatable bonds is 9. The van der Waals surface area contributed by atoms with Gasteiger partial charge in [0.2, 0.25) is 0 Å². The fourth-order valence-corrected chi connectivity index (χ4v) is 2.56. The topological polar surface area (TPSA) is 144 Å². The Morgan fingerprint density at radius 3 is 1.30 bits per heavy atom. The van der Waals surface area contributed by atoms with Gasteiger partial charge in [0.15, 0.2) is 0 Å². The molecule has 37 heavy (non-hydrogen) atoms. The third-order valence-electron chi connectivity index (χ3n) is 4.31. The molecule has 0 bridgehead atoms. The van der Waals surface area contributed by atoms with E-state index in [4.69, 9.17) is 17.2 Å². The van der Waals surface area contributed by atoms with E-state index in [1.54, 1.807) is 7.05 Å². The van der Waals surface area contributed by atoms with E-state index in [2.05, 4.69) is 32.7 Å². The molecule has 0 spiro atoms. The monoisotopic (exact) mass is 527 g/mol. The third kappa shape index (κ3) is 23.0. The summed E-state index contributed by atoms with van der Waals surface area (Å²) in [6.07, 6.45) is 0. The second kappa shape index (κ2) is 27.4. The second-order valence-electron chi connectivity index (χ2n) is 7.21. The Morgan fingerprint density at radius 1 is 0.703 bits per heavy atom. The quantitative estimate of drug-likeness (QED) is 0.236. The van der Waals surface area contributed by atoms with Gasteiger partial charge in [-0.2, -0.15) is 0 Å². The van der Waals surface area contributed by atoms with E-state index in [1.807, 2.05) is 91.0 Å². The van der Waals surface area contributed by atoms with Crippen molar-refractivity contribution in [3.63, 3.8) is 0 Å². The SMILES string of the molecule is C.CN=S.NCCNCCN.NCc1ccccc1.O=C(NCc1ccccc1)NCc1ccccc1. The molecular weight excluding hydrogens is 482 g/mol. The van der Waals surface area contributed by atoms with Crippen LogP contribution in [0.2, 0.25) is 0 Å². The lowest BCUT2D eigenvalue weighted by atomic mass is 10.2. The highest BCUT2D eigenvalue weighted by atomic mass is 32.1. The molecule has 0 aliphatic heterocycles. The molecule has 3 aromatic rings. The number of urea groups is 1. The van der Waals surface area contributed by atoms with E-state index in [-0.39, 0.29) is 13.5 Å². The van der Waals surface area contributed by atoms with Crippen molar-refractivity contribution >= 4 is 18.5 Å². The Morgan fingerprint density at radius 2 is 1.03 bits per heavy atom. The van der Waals surface area contributed by atoms with Crippen LogP contribution in [0.4, 0.5) is 4.79 Å². The summed E-state index contributed by atoms with van der Waals surface area (Å²) >= 11 is 4.02. The fourth-order valence-electron chi connectivity index (χ4n) is 2.56. The fraction of sp³-hybridized carbons (Fsp3) is 0.321. The van der Waals surface area contributed by atoms with Crippen molar-refractivity contribution in [3.8, 4) is 0 Å². The van der Waals surface area contributed by atoms with Crippen LogP contribution in [0.15, 0.2) is 95.4 Å². The largest absolute Gasteiger partial charge is 0.334 e. The van der Waals surface area contributed by atoms with Crippen LogP contribution in [-0.4, -0.2) is 39.3 Å². The molecule has 3 aromatic carbocycles. The Bertz CT molecular complexity index is 835. The van der Waals surface area contributed by atoms with E-state index >= 15 is 0 Å². The summed E-state index contributed by atoms with van der Waals surface area (Å²) in [5, 5.41) is 8.67. The lowest BCUT2D eigenvalue weighted by molar-refractivity contribution is 0.240. The van der Waals surface area contributed by atoms with E-state index in [0.29, 0.717) is 32.7 Å². The number of benzene rings is 3. The Balaban J connectivity index is 0. The van der Waals surface area contributed by atoms with Crippen molar-refractivity contribution in [3.05, 3.63) is 108 Å². The minimum Gasteiger partial charge on any atom is -0.334 e. The molecule has 2 amide bonds. The second-order valence-corrected chi connectivity index (χ2v) is 7.57. The molecule has 0 heterocycles. The van der Waals surface area contributed by atoms with Gasteiger partial charge in [-0.3, -0.25) is 0 Å². The maximum atomic E-state index is 11.6. The molecule has 8 nitrogen and oxygen atoms in total. The van der Waals surface area contributed by atoms with Crippen LogP contribution in [-0.2, 0) is 32.1 Å². The number of hydrogen-bond donors (Lipinski definition) is 6. The molecule has 0 aromatic heterocycles. The molecule has 9 heteroatoms. The van der Waals surface area contributed by atoms with Gasteiger partial charge in [-0.1, -0.05) is 98.4 Å². The zero-order chi connectivity index (χ0) is 26.7. The highest BCUT2D eigenvalue weighted by Crippen LogP contribution is 1.98. The van der Waals surface area contributed by atoms with Gasteiger partial charge in [0.25, 0.3) is 0 Å². The summed E-state index contributed by atoms with van der Waals surface area (Å²) in [6.45, 7) is 4.86. The number of nitrogens with two attached hydrogens (primary N) is 3. The summed E-state index contributed by atoms with van der Waals surface area (Å²) in [5.41, 5.74) is 19.0. The Hall–Kier alpha value is -3.21. The number of carbonyl (C=O) groups is 1. The molecule has 0 aliphatic rings. The van der Waals surface area contributed by atoms with Crippen LogP contribution in [0, 0.1) is 0 Å². The zero-order valence-corrected chi connectivity index (χ0v) is 21.9. The highest BCUT2D eigenvalue weighted by Gasteiger charge is 1.99. The summed E-state index contributed by atoms with van der Waals surface area (Å²) in [5.74, 6) is 0. The zero-order valence-electron chi connectivity index (χ0n) is 21.1. The minimum atomic E-state index is -0.150. The van der Waals surface area contributed by atoms with Crippen LogP contribution in [0.1, 0.15) is 24.1 Å². The molecule has 0 unspecified atom stereocenters. The lowest BCUT2D eigenvalue weighted by Crippen LogP contribution is -2.34. The molecule has 9 N–H and O–H groups in total. The molecule has 0 fully saturated rings. The van der Waals surface area contributed by atoms with Crippen molar-refractivity contribution in [2.75, 3.05) is 33.2 Å².